The Labute approximate surface area is 98.3 Å². The second-order valence-corrected chi connectivity index (χ2v) is 3.66. The molecular formula is C12H14O5. The monoisotopic (exact) mass is 238 g/mol. The highest BCUT2D eigenvalue weighted by atomic mass is 16.4. The van der Waals surface area contributed by atoms with Gasteiger partial charge >= 0.3 is 11.9 Å². The molecule has 0 bridgehead atoms. The third kappa shape index (κ3) is 3.57. The van der Waals surface area contributed by atoms with Gasteiger partial charge in [0.1, 0.15) is 0 Å². The SMILES string of the molecule is O=C(O)c1ccc(C(=O)O)c(CCCCO)c1. The number of hydrogen-bond acceptors (Lipinski definition) is 3. The number of hydrogen-bond donors (Lipinski definition) is 3. The van der Waals surface area contributed by atoms with E-state index in [1.54, 1.807) is 0 Å². The zero-order valence-electron chi connectivity index (χ0n) is 9.22. The molecule has 1 aromatic carbocycles. The number of aliphatic hydroxyl groups is 1. The van der Waals surface area contributed by atoms with E-state index in [0.29, 0.717) is 24.8 Å². The molecule has 1 rings (SSSR count). The lowest BCUT2D eigenvalue weighted by Gasteiger charge is -2.06. The van der Waals surface area contributed by atoms with Gasteiger partial charge in [0, 0.05) is 6.61 Å². The van der Waals surface area contributed by atoms with Gasteiger partial charge in [0.05, 0.1) is 11.1 Å². The largest absolute Gasteiger partial charge is 0.478 e. The van der Waals surface area contributed by atoms with Gasteiger partial charge in [-0.15, -0.1) is 0 Å². The summed E-state index contributed by atoms with van der Waals surface area (Å²) in [6.07, 6.45) is 1.64. The summed E-state index contributed by atoms with van der Waals surface area (Å²) in [6.45, 7) is 0.0427. The fraction of sp³-hybridized carbons (Fsp3) is 0.333. The van der Waals surface area contributed by atoms with Gasteiger partial charge in [0.25, 0.3) is 0 Å². The number of benzene rings is 1. The quantitative estimate of drug-likeness (QED) is 0.651. The van der Waals surface area contributed by atoms with Gasteiger partial charge in [0.2, 0.25) is 0 Å². The Bertz CT molecular complexity index is 425. The molecule has 5 nitrogen and oxygen atoms in total. The minimum atomic E-state index is -1.08. The van der Waals surface area contributed by atoms with Crippen LogP contribution in [-0.4, -0.2) is 33.9 Å². The van der Waals surface area contributed by atoms with Crippen LogP contribution in [0.3, 0.4) is 0 Å². The molecule has 0 amide bonds. The average Bonchev–Trinajstić information content (AvgIpc) is 2.28. The van der Waals surface area contributed by atoms with E-state index in [-0.39, 0.29) is 17.7 Å². The minimum absolute atomic E-state index is 0.0427. The fourth-order valence-corrected chi connectivity index (χ4v) is 1.57. The lowest BCUT2D eigenvalue weighted by atomic mass is 9.99. The summed E-state index contributed by atoms with van der Waals surface area (Å²) in [7, 11) is 0. The number of aryl methyl sites for hydroxylation is 1. The van der Waals surface area contributed by atoms with E-state index in [9.17, 15) is 9.59 Å². The normalized spacial score (nSPS) is 10.2. The van der Waals surface area contributed by atoms with E-state index in [0.717, 1.165) is 0 Å². The lowest BCUT2D eigenvalue weighted by Crippen LogP contribution is -2.06. The summed E-state index contributed by atoms with van der Waals surface area (Å²) in [6, 6.07) is 3.96. The molecule has 0 aromatic heterocycles. The van der Waals surface area contributed by atoms with Crippen molar-refractivity contribution in [3.8, 4) is 0 Å². The number of carbonyl (C=O) groups is 2. The maximum absolute atomic E-state index is 10.9. The summed E-state index contributed by atoms with van der Waals surface area (Å²) >= 11 is 0. The Hall–Kier alpha value is -1.88. The second-order valence-electron chi connectivity index (χ2n) is 3.66. The molecule has 0 unspecified atom stereocenters. The number of aliphatic hydroxyl groups excluding tert-OH is 1. The average molecular weight is 238 g/mol. The van der Waals surface area contributed by atoms with Gasteiger partial charge in [0.15, 0.2) is 0 Å². The molecule has 0 spiro atoms. The van der Waals surface area contributed by atoms with Gasteiger partial charge in [-0.05, 0) is 43.0 Å². The molecule has 0 aliphatic heterocycles. The molecule has 17 heavy (non-hydrogen) atoms. The van der Waals surface area contributed by atoms with Crippen molar-refractivity contribution in [1.82, 2.24) is 0 Å². The lowest BCUT2D eigenvalue weighted by molar-refractivity contribution is 0.0680. The summed E-state index contributed by atoms with van der Waals surface area (Å²) in [5.74, 6) is -2.15. The van der Waals surface area contributed by atoms with Crippen LogP contribution < -0.4 is 0 Å². The predicted molar refractivity (Wildman–Crippen MR) is 60.4 cm³/mol. The van der Waals surface area contributed by atoms with E-state index < -0.39 is 11.9 Å². The van der Waals surface area contributed by atoms with E-state index in [1.165, 1.54) is 18.2 Å². The van der Waals surface area contributed by atoms with Crippen molar-refractivity contribution in [2.75, 3.05) is 6.61 Å². The Morgan fingerprint density at radius 2 is 1.76 bits per heavy atom. The van der Waals surface area contributed by atoms with Crippen molar-refractivity contribution in [1.29, 1.82) is 0 Å². The first-order chi connectivity index (χ1) is 8.06. The van der Waals surface area contributed by atoms with Crippen molar-refractivity contribution in [2.24, 2.45) is 0 Å². The predicted octanol–water partition coefficient (Wildman–Crippen LogP) is 1.40. The summed E-state index contributed by atoms with van der Waals surface area (Å²) in [5.41, 5.74) is 0.688. The Morgan fingerprint density at radius 1 is 1.06 bits per heavy atom. The molecule has 0 aliphatic rings. The number of carboxylic acids is 2. The van der Waals surface area contributed by atoms with E-state index in [1.807, 2.05) is 0 Å². The standard InChI is InChI=1S/C12H14O5/c13-6-2-1-3-8-7-9(11(14)15)4-5-10(8)12(16)17/h4-5,7,13H,1-3,6H2,(H,14,15)(H,16,17). The Morgan fingerprint density at radius 3 is 2.29 bits per heavy atom. The van der Waals surface area contributed by atoms with Crippen molar-refractivity contribution in [3.63, 3.8) is 0 Å². The molecule has 0 aliphatic carbocycles. The number of aromatic carboxylic acids is 2. The highest BCUT2D eigenvalue weighted by Gasteiger charge is 2.12. The van der Waals surface area contributed by atoms with Crippen LogP contribution in [0.5, 0.6) is 0 Å². The maximum atomic E-state index is 10.9. The van der Waals surface area contributed by atoms with Crippen LogP contribution in [0, 0.1) is 0 Å². The van der Waals surface area contributed by atoms with Crippen LogP contribution in [0.2, 0.25) is 0 Å². The highest BCUT2D eigenvalue weighted by Crippen LogP contribution is 2.15. The maximum Gasteiger partial charge on any atom is 0.335 e. The van der Waals surface area contributed by atoms with Crippen molar-refractivity contribution in [3.05, 3.63) is 34.9 Å². The second kappa shape index (κ2) is 6.00. The van der Waals surface area contributed by atoms with Crippen LogP contribution in [0.4, 0.5) is 0 Å². The molecule has 0 saturated carbocycles. The molecule has 5 heteroatoms. The van der Waals surface area contributed by atoms with Crippen LogP contribution in [0.15, 0.2) is 18.2 Å². The molecule has 0 atom stereocenters. The number of carboxylic acid groups (broad SMARTS) is 2. The van der Waals surface area contributed by atoms with Crippen molar-refractivity contribution in [2.45, 2.75) is 19.3 Å². The molecule has 1 aromatic rings. The summed E-state index contributed by atoms with van der Waals surface area (Å²) in [4.78, 5) is 21.7. The first kappa shape index (κ1) is 13.2. The van der Waals surface area contributed by atoms with Crippen LogP contribution in [0.1, 0.15) is 39.1 Å². The van der Waals surface area contributed by atoms with Crippen LogP contribution in [0.25, 0.3) is 0 Å². The zero-order chi connectivity index (χ0) is 12.8. The molecule has 92 valence electrons. The van der Waals surface area contributed by atoms with Gasteiger partial charge in [-0.2, -0.15) is 0 Å². The van der Waals surface area contributed by atoms with Gasteiger partial charge in [-0.3, -0.25) is 0 Å². The highest BCUT2D eigenvalue weighted by molar-refractivity contribution is 5.93. The van der Waals surface area contributed by atoms with Crippen LogP contribution in [-0.2, 0) is 6.42 Å². The van der Waals surface area contributed by atoms with Crippen LogP contribution >= 0.6 is 0 Å². The van der Waals surface area contributed by atoms with E-state index in [2.05, 4.69) is 0 Å². The van der Waals surface area contributed by atoms with E-state index in [4.69, 9.17) is 15.3 Å². The zero-order valence-corrected chi connectivity index (χ0v) is 9.22. The molecule has 0 saturated heterocycles. The molecule has 0 heterocycles. The fourth-order valence-electron chi connectivity index (χ4n) is 1.57. The molecule has 0 radical (unpaired) electrons. The first-order valence-corrected chi connectivity index (χ1v) is 5.26. The van der Waals surface area contributed by atoms with Crippen molar-refractivity contribution < 1.29 is 24.9 Å². The topological polar surface area (TPSA) is 94.8 Å². The first-order valence-electron chi connectivity index (χ1n) is 5.26. The molecule has 3 N–H and O–H groups in total. The number of rotatable bonds is 6. The Balaban J connectivity index is 2.98. The third-order valence-electron chi connectivity index (χ3n) is 2.44. The third-order valence-corrected chi connectivity index (χ3v) is 2.44. The summed E-state index contributed by atoms with van der Waals surface area (Å²) in [5, 5.41) is 26.4. The van der Waals surface area contributed by atoms with Crippen molar-refractivity contribution >= 4 is 11.9 Å². The smallest absolute Gasteiger partial charge is 0.335 e. The summed E-state index contributed by atoms with van der Waals surface area (Å²) < 4.78 is 0. The molecule has 0 fully saturated rings. The van der Waals surface area contributed by atoms with Gasteiger partial charge < -0.3 is 15.3 Å². The number of unbranched alkanes of at least 4 members (excludes halogenated alkanes) is 1. The van der Waals surface area contributed by atoms with Gasteiger partial charge in [-0.25, -0.2) is 9.59 Å². The minimum Gasteiger partial charge on any atom is -0.478 e. The Kier molecular flexibility index (Phi) is 4.66. The molecular weight excluding hydrogens is 224 g/mol. The van der Waals surface area contributed by atoms with E-state index >= 15 is 0 Å². The van der Waals surface area contributed by atoms with Gasteiger partial charge in [-0.1, -0.05) is 0 Å².